The number of nitrogens with one attached hydrogen (secondary N) is 1. The van der Waals surface area contributed by atoms with Gasteiger partial charge in [-0.1, -0.05) is 0 Å². The SMILES string of the molecule is CCn1cnc(S(=O)(=O)N2CCC(CNC3CC3)CC2)c1. The number of rotatable bonds is 6. The summed E-state index contributed by atoms with van der Waals surface area (Å²) in [7, 11) is -3.41. The lowest BCUT2D eigenvalue weighted by Crippen LogP contribution is -2.41. The zero-order chi connectivity index (χ0) is 14.9. The normalized spacial score (nSPS) is 21.8. The van der Waals surface area contributed by atoms with Gasteiger partial charge in [-0.3, -0.25) is 0 Å². The van der Waals surface area contributed by atoms with E-state index >= 15 is 0 Å². The molecule has 1 N–H and O–H groups in total. The third kappa shape index (κ3) is 3.46. The van der Waals surface area contributed by atoms with Crippen LogP contribution >= 0.6 is 0 Å². The Balaban J connectivity index is 1.57. The first kappa shape index (κ1) is 15.0. The monoisotopic (exact) mass is 312 g/mol. The summed E-state index contributed by atoms with van der Waals surface area (Å²) in [6.45, 7) is 4.95. The Kier molecular flexibility index (Phi) is 4.33. The number of piperidine rings is 1. The van der Waals surface area contributed by atoms with Crippen LogP contribution < -0.4 is 5.32 Å². The number of aromatic nitrogens is 2. The van der Waals surface area contributed by atoms with Crippen LogP contribution in [-0.2, 0) is 16.6 Å². The minimum atomic E-state index is -3.41. The van der Waals surface area contributed by atoms with Crippen molar-refractivity contribution in [3.8, 4) is 0 Å². The molecule has 2 aliphatic rings. The minimum Gasteiger partial charge on any atom is -0.336 e. The van der Waals surface area contributed by atoms with E-state index in [1.807, 2.05) is 6.92 Å². The van der Waals surface area contributed by atoms with Crippen LogP contribution in [0.4, 0.5) is 0 Å². The minimum absolute atomic E-state index is 0.180. The predicted molar refractivity (Wildman–Crippen MR) is 80.4 cm³/mol. The zero-order valence-corrected chi connectivity index (χ0v) is 13.3. The molecule has 6 nitrogen and oxygen atoms in total. The summed E-state index contributed by atoms with van der Waals surface area (Å²) in [6.07, 6.45) is 7.68. The molecule has 1 aromatic rings. The van der Waals surface area contributed by atoms with E-state index in [0.717, 1.165) is 32.0 Å². The molecule has 1 saturated carbocycles. The molecule has 1 aliphatic heterocycles. The Hall–Kier alpha value is -0.920. The molecule has 0 atom stereocenters. The second kappa shape index (κ2) is 6.06. The maximum absolute atomic E-state index is 12.5. The highest BCUT2D eigenvalue weighted by Crippen LogP contribution is 2.24. The summed E-state index contributed by atoms with van der Waals surface area (Å²) >= 11 is 0. The largest absolute Gasteiger partial charge is 0.336 e. The molecule has 21 heavy (non-hydrogen) atoms. The first-order chi connectivity index (χ1) is 10.1. The van der Waals surface area contributed by atoms with E-state index in [2.05, 4.69) is 10.3 Å². The molecule has 118 valence electrons. The first-order valence-electron chi connectivity index (χ1n) is 7.85. The van der Waals surface area contributed by atoms with Crippen LogP contribution in [0.25, 0.3) is 0 Å². The first-order valence-corrected chi connectivity index (χ1v) is 9.29. The average Bonchev–Trinajstić information content (AvgIpc) is 3.19. The van der Waals surface area contributed by atoms with E-state index < -0.39 is 10.0 Å². The molecular weight excluding hydrogens is 288 g/mol. The van der Waals surface area contributed by atoms with Crippen LogP contribution in [0.3, 0.4) is 0 Å². The topological polar surface area (TPSA) is 67.2 Å². The predicted octanol–water partition coefficient (Wildman–Crippen LogP) is 1.06. The highest BCUT2D eigenvalue weighted by atomic mass is 32.2. The van der Waals surface area contributed by atoms with Crippen molar-refractivity contribution in [1.29, 1.82) is 0 Å². The van der Waals surface area contributed by atoms with E-state index in [-0.39, 0.29) is 5.03 Å². The van der Waals surface area contributed by atoms with Crippen molar-refractivity contribution in [3.05, 3.63) is 12.5 Å². The fraction of sp³-hybridized carbons (Fsp3) is 0.786. The average molecular weight is 312 g/mol. The van der Waals surface area contributed by atoms with E-state index in [1.54, 1.807) is 21.4 Å². The summed E-state index contributed by atoms with van der Waals surface area (Å²) in [5.74, 6) is 0.602. The molecule has 3 rings (SSSR count). The lowest BCUT2D eigenvalue weighted by molar-refractivity contribution is 0.266. The molecule has 0 spiro atoms. The molecule has 0 unspecified atom stereocenters. The summed E-state index contributed by atoms with van der Waals surface area (Å²) in [4.78, 5) is 4.04. The summed E-state index contributed by atoms with van der Waals surface area (Å²) < 4.78 is 28.4. The Bertz CT molecular complexity index is 572. The third-order valence-electron chi connectivity index (χ3n) is 4.42. The van der Waals surface area contributed by atoms with Crippen molar-refractivity contribution in [1.82, 2.24) is 19.2 Å². The van der Waals surface area contributed by atoms with Crippen LogP contribution in [0, 0.1) is 5.92 Å². The van der Waals surface area contributed by atoms with Crippen molar-refractivity contribution < 1.29 is 8.42 Å². The standard InChI is InChI=1S/C14H24N4O2S/c1-2-17-10-14(16-11-17)21(19,20)18-7-5-12(6-8-18)9-15-13-3-4-13/h10-13,15H,2-9H2,1H3. The van der Waals surface area contributed by atoms with Gasteiger partial charge < -0.3 is 9.88 Å². The van der Waals surface area contributed by atoms with Crippen LogP contribution in [0.5, 0.6) is 0 Å². The second-order valence-electron chi connectivity index (χ2n) is 6.07. The highest BCUT2D eigenvalue weighted by molar-refractivity contribution is 7.89. The molecular formula is C14H24N4O2S. The van der Waals surface area contributed by atoms with Crippen molar-refractivity contribution in [3.63, 3.8) is 0 Å². The number of hydrogen-bond acceptors (Lipinski definition) is 4. The third-order valence-corrected chi connectivity index (χ3v) is 6.21. The lowest BCUT2D eigenvalue weighted by atomic mass is 9.98. The van der Waals surface area contributed by atoms with Gasteiger partial charge in [-0.05, 0) is 45.1 Å². The van der Waals surface area contributed by atoms with E-state index in [4.69, 9.17) is 0 Å². The number of hydrogen-bond donors (Lipinski definition) is 1. The molecule has 0 aromatic carbocycles. The zero-order valence-electron chi connectivity index (χ0n) is 12.5. The van der Waals surface area contributed by atoms with Gasteiger partial charge >= 0.3 is 0 Å². The Morgan fingerprint density at radius 1 is 1.29 bits per heavy atom. The van der Waals surface area contributed by atoms with Gasteiger partial charge in [0.05, 0.1) is 6.33 Å². The quantitative estimate of drug-likeness (QED) is 0.853. The molecule has 1 aromatic heterocycles. The number of aryl methyl sites for hydroxylation is 1. The van der Waals surface area contributed by atoms with E-state index in [1.165, 1.54) is 12.8 Å². The van der Waals surface area contributed by atoms with Gasteiger partial charge in [-0.25, -0.2) is 13.4 Å². The van der Waals surface area contributed by atoms with Gasteiger partial charge in [0.1, 0.15) is 0 Å². The maximum Gasteiger partial charge on any atom is 0.262 e. The van der Waals surface area contributed by atoms with Gasteiger partial charge in [0.15, 0.2) is 5.03 Å². The van der Waals surface area contributed by atoms with Crippen molar-refractivity contribution in [2.45, 2.75) is 50.2 Å². The molecule has 2 heterocycles. The second-order valence-corrected chi connectivity index (χ2v) is 7.96. The fourth-order valence-corrected chi connectivity index (χ4v) is 4.16. The van der Waals surface area contributed by atoms with E-state index in [9.17, 15) is 8.42 Å². The van der Waals surface area contributed by atoms with Gasteiger partial charge in [-0.2, -0.15) is 4.31 Å². The van der Waals surface area contributed by atoms with Gasteiger partial charge in [0.25, 0.3) is 10.0 Å². The van der Waals surface area contributed by atoms with E-state index in [0.29, 0.717) is 19.0 Å². The molecule has 1 aliphatic carbocycles. The number of sulfonamides is 1. The Morgan fingerprint density at radius 3 is 2.57 bits per heavy atom. The Labute approximate surface area is 126 Å². The Morgan fingerprint density at radius 2 is 2.00 bits per heavy atom. The van der Waals surface area contributed by atoms with Crippen LogP contribution in [0.15, 0.2) is 17.6 Å². The summed E-state index contributed by atoms with van der Waals surface area (Å²) in [5, 5.41) is 3.72. The van der Waals surface area contributed by atoms with Crippen LogP contribution in [0.2, 0.25) is 0 Å². The maximum atomic E-state index is 12.5. The van der Waals surface area contributed by atoms with Gasteiger partial charge in [0, 0.05) is 31.9 Å². The van der Waals surface area contributed by atoms with Crippen LogP contribution in [0.1, 0.15) is 32.6 Å². The van der Waals surface area contributed by atoms with Crippen molar-refractivity contribution in [2.24, 2.45) is 5.92 Å². The summed E-state index contributed by atoms with van der Waals surface area (Å²) in [5.41, 5.74) is 0. The fourth-order valence-electron chi connectivity index (χ4n) is 2.75. The van der Waals surface area contributed by atoms with Crippen molar-refractivity contribution >= 4 is 10.0 Å². The number of nitrogens with zero attached hydrogens (tertiary/aromatic N) is 3. The summed E-state index contributed by atoms with van der Waals surface area (Å²) in [6, 6.07) is 0.727. The molecule has 2 fully saturated rings. The molecule has 7 heteroatoms. The molecule has 1 saturated heterocycles. The molecule has 0 amide bonds. The van der Waals surface area contributed by atoms with Gasteiger partial charge in [-0.15, -0.1) is 0 Å². The van der Waals surface area contributed by atoms with Crippen LogP contribution in [-0.4, -0.2) is 48.0 Å². The number of imidazole rings is 1. The highest BCUT2D eigenvalue weighted by Gasteiger charge is 2.31. The van der Waals surface area contributed by atoms with Gasteiger partial charge in [0.2, 0.25) is 0 Å². The smallest absolute Gasteiger partial charge is 0.262 e. The molecule has 0 radical (unpaired) electrons. The van der Waals surface area contributed by atoms with Crippen molar-refractivity contribution in [2.75, 3.05) is 19.6 Å². The molecule has 0 bridgehead atoms. The lowest BCUT2D eigenvalue weighted by Gasteiger charge is -2.30.